The first-order valence-corrected chi connectivity index (χ1v) is 7.60. The molecule has 2 aromatic rings. The van der Waals surface area contributed by atoms with Gasteiger partial charge in [-0.15, -0.1) is 0 Å². The minimum absolute atomic E-state index is 0.172. The molecule has 0 aliphatic carbocycles. The van der Waals surface area contributed by atoms with Gasteiger partial charge in [-0.05, 0) is 56.2 Å². The summed E-state index contributed by atoms with van der Waals surface area (Å²) in [5.74, 6) is 2.27. The maximum atomic E-state index is 6.06. The van der Waals surface area contributed by atoms with Crippen LogP contribution in [-0.4, -0.2) is 7.11 Å². The number of halogens is 1. The van der Waals surface area contributed by atoms with Gasteiger partial charge in [0.25, 0.3) is 0 Å². The monoisotopic (exact) mass is 349 g/mol. The maximum Gasteiger partial charge on any atom is 0.135 e. The second kappa shape index (κ2) is 6.50. The fourth-order valence-electron chi connectivity index (χ4n) is 2.33. The summed E-state index contributed by atoms with van der Waals surface area (Å²) >= 11 is 3.56. The average molecular weight is 350 g/mol. The van der Waals surface area contributed by atoms with Gasteiger partial charge in [-0.3, -0.25) is 0 Å². The van der Waals surface area contributed by atoms with E-state index in [9.17, 15) is 0 Å². The smallest absolute Gasteiger partial charge is 0.135 e. The van der Waals surface area contributed by atoms with E-state index in [0.29, 0.717) is 0 Å². The fraction of sp³-hybridized carbons (Fsp3) is 0.294. The van der Waals surface area contributed by atoms with E-state index < -0.39 is 0 Å². The molecular formula is C17H20BrNO2. The van der Waals surface area contributed by atoms with Crippen LogP contribution >= 0.6 is 15.9 Å². The summed E-state index contributed by atoms with van der Waals surface area (Å²) in [5, 5.41) is 0. The largest absolute Gasteiger partial charge is 0.496 e. The Labute approximate surface area is 134 Å². The summed E-state index contributed by atoms with van der Waals surface area (Å²) in [6.45, 7) is 6.01. The van der Waals surface area contributed by atoms with Gasteiger partial charge in [-0.25, -0.2) is 0 Å². The molecule has 2 N–H and O–H groups in total. The predicted octanol–water partition coefficient (Wildman–Crippen LogP) is 4.89. The molecule has 0 aromatic heterocycles. The Morgan fingerprint density at radius 2 is 1.67 bits per heavy atom. The van der Waals surface area contributed by atoms with Crippen molar-refractivity contribution >= 4 is 15.9 Å². The van der Waals surface area contributed by atoms with Crippen molar-refractivity contribution in [1.82, 2.24) is 0 Å². The molecule has 3 nitrogen and oxygen atoms in total. The molecule has 112 valence electrons. The van der Waals surface area contributed by atoms with Crippen LogP contribution in [0.25, 0.3) is 0 Å². The standard InChI is InChI=1S/C17H20BrNO2/c1-10-8-13(9-11(2)17(10)18)21-15-7-5-6-14(20-4)16(15)12(3)19/h5-9,12H,19H2,1-4H3/t12-/m0/s1. The van der Waals surface area contributed by atoms with Crippen molar-refractivity contribution in [2.75, 3.05) is 7.11 Å². The first-order valence-electron chi connectivity index (χ1n) is 6.81. The third-order valence-corrected chi connectivity index (χ3v) is 4.59. The van der Waals surface area contributed by atoms with Crippen LogP contribution in [0.3, 0.4) is 0 Å². The van der Waals surface area contributed by atoms with E-state index >= 15 is 0 Å². The minimum Gasteiger partial charge on any atom is -0.496 e. The van der Waals surface area contributed by atoms with Crippen LogP contribution in [0.15, 0.2) is 34.8 Å². The summed E-state index contributed by atoms with van der Waals surface area (Å²) in [6, 6.07) is 9.54. The molecular weight excluding hydrogens is 330 g/mol. The van der Waals surface area contributed by atoms with Crippen LogP contribution in [0, 0.1) is 13.8 Å². The number of ether oxygens (including phenoxy) is 2. The number of hydrogen-bond acceptors (Lipinski definition) is 3. The third kappa shape index (κ3) is 3.39. The Bertz CT molecular complexity index is 630. The van der Waals surface area contributed by atoms with Gasteiger partial charge in [-0.2, -0.15) is 0 Å². The summed E-state index contributed by atoms with van der Waals surface area (Å²) in [4.78, 5) is 0. The van der Waals surface area contributed by atoms with Gasteiger partial charge >= 0.3 is 0 Å². The second-order valence-electron chi connectivity index (χ2n) is 5.13. The van der Waals surface area contributed by atoms with Crippen LogP contribution in [0.2, 0.25) is 0 Å². The lowest BCUT2D eigenvalue weighted by atomic mass is 10.1. The fourth-order valence-corrected chi connectivity index (χ4v) is 2.56. The van der Waals surface area contributed by atoms with Crippen molar-refractivity contribution in [3.05, 3.63) is 51.5 Å². The Balaban J connectivity index is 2.44. The molecule has 0 spiro atoms. The van der Waals surface area contributed by atoms with Crippen LogP contribution < -0.4 is 15.2 Å². The Morgan fingerprint density at radius 3 is 2.19 bits per heavy atom. The summed E-state index contributed by atoms with van der Waals surface area (Å²) in [7, 11) is 1.64. The van der Waals surface area contributed by atoms with Crippen LogP contribution in [-0.2, 0) is 0 Å². The lowest BCUT2D eigenvalue weighted by molar-refractivity contribution is 0.397. The van der Waals surface area contributed by atoms with Gasteiger partial charge in [0.2, 0.25) is 0 Å². The van der Waals surface area contributed by atoms with Gasteiger partial charge in [0, 0.05) is 10.5 Å². The molecule has 0 unspecified atom stereocenters. The molecule has 21 heavy (non-hydrogen) atoms. The van der Waals surface area contributed by atoms with E-state index in [0.717, 1.165) is 38.4 Å². The highest BCUT2D eigenvalue weighted by Crippen LogP contribution is 2.37. The van der Waals surface area contributed by atoms with E-state index in [1.54, 1.807) is 7.11 Å². The zero-order chi connectivity index (χ0) is 15.6. The van der Waals surface area contributed by atoms with Crippen LogP contribution in [0.4, 0.5) is 0 Å². The molecule has 2 aromatic carbocycles. The van der Waals surface area contributed by atoms with E-state index in [2.05, 4.69) is 15.9 Å². The van der Waals surface area contributed by atoms with Gasteiger partial charge in [0.05, 0.1) is 12.7 Å². The van der Waals surface area contributed by atoms with Gasteiger partial charge in [0.15, 0.2) is 0 Å². The molecule has 0 amide bonds. The number of rotatable bonds is 4. The summed E-state index contributed by atoms with van der Waals surface area (Å²) in [6.07, 6.45) is 0. The first-order chi connectivity index (χ1) is 9.93. The Hall–Kier alpha value is -1.52. The molecule has 0 heterocycles. The normalized spacial score (nSPS) is 12.1. The molecule has 0 saturated carbocycles. The number of aryl methyl sites for hydroxylation is 2. The SMILES string of the molecule is COc1cccc(Oc2cc(C)c(Br)c(C)c2)c1[C@H](C)N. The highest BCUT2D eigenvalue weighted by Gasteiger charge is 2.15. The molecule has 1 atom stereocenters. The topological polar surface area (TPSA) is 44.5 Å². The van der Waals surface area contributed by atoms with E-state index in [1.165, 1.54) is 0 Å². The van der Waals surface area contributed by atoms with E-state index in [-0.39, 0.29) is 6.04 Å². The highest BCUT2D eigenvalue weighted by molar-refractivity contribution is 9.10. The average Bonchev–Trinajstić information content (AvgIpc) is 2.44. The van der Waals surface area contributed by atoms with Crippen molar-refractivity contribution in [3.63, 3.8) is 0 Å². The van der Waals surface area contributed by atoms with Crippen LogP contribution in [0.1, 0.15) is 29.7 Å². The molecule has 0 aliphatic heterocycles. The van der Waals surface area contributed by atoms with Crippen molar-refractivity contribution < 1.29 is 9.47 Å². The second-order valence-corrected chi connectivity index (χ2v) is 5.93. The first kappa shape index (κ1) is 15.9. The molecule has 0 aliphatic rings. The highest BCUT2D eigenvalue weighted by atomic mass is 79.9. The molecule has 4 heteroatoms. The zero-order valence-corrected chi connectivity index (χ0v) is 14.3. The number of nitrogens with two attached hydrogens (primary N) is 1. The molecule has 0 bridgehead atoms. The number of benzene rings is 2. The Morgan fingerprint density at radius 1 is 1.10 bits per heavy atom. The maximum absolute atomic E-state index is 6.06. The van der Waals surface area contributed by atoms with E-state index in [1.807, 2.05) is 51.1 Å². The summed E-state index contributed by atoms with van der Waals surface area (Å²) < 4.78 is 12.5. The molecule has 0 saturated heterocycles. The van der Waals surface area contributed by atoms with Crippen molar-refractivity contribution in [1.29, 1.82) is 0 Å². The number of hydrogen-bond donors (Lipinski definition) is 1. The van der Waals surface area contributed by atoms with Crippen molar-refractivity contribution in [3.8, 4) is 17.2 Å². The molecule has 2 rings (SSSR count). The van der Waals surface area contributed by atoms with E-state index in [4.69, 9.17) is 15.2 Å². The third-order valence-electron chi connectivity index (χ3n) is 3.34. The quantitative estimate of drug-likeness (QED) is 0.854. The lowest BCUT2D eigenvalue weighted by Gasteiger charge is -2.18. The predicted molar refractivity (Wildman–Crippen MR) is 89.3 cm³/mol. The molecule has 0 radical (unpaired) electrons. The van der Waals surface area contributed by atoms with Crippen molar-refractivity contribution in [2.24, 2.45) is 5.73 Å². The minimum atomic E-state index is -0.172. The number of methoxy groups -OCH3 is 1. The Kier molecular flexibility index (Phi) is 4.91. The van der Waals surface area contributed by atoms with Crippen LogP contribution in [0.5, 0.6) is 17.2 Å². The van der Waals surface area contributed by atoms with Gasteiger partial charge in [0.1, 0.15) is 17.2 Å². The summed E-state index contributed by atoms with van der Waals surface area (Å²) in [5.41, 5.74) is 9.20. The van der Waals surface area contributed by atoms with Gasteiger partial charge < -0.3 is 15.2 Å². The van der Waals surface area contributed by atoms with Crippen molar-refractivity contribution in [2.45, 2.75) is 26.8 Å². The zero-order valence-electron chi connectivity index (χ0n) is 12.7. The lowest BCUT2D eigenvalue weighted by Crippen LogP contribution is -2.08. The van der Waals surface area contributed by atoms with Gasteiger partial charge in [-0.1, -0.05) is 22.0 Å². The molecule has 0 fully saturated rings.